The van der Waals surface area contributed by atoms with Gasteiger partial charge in [-0.15, -0.1) is 0 Å². The molecule has 234 valence electrons. The Morgan fingerprint density at radius 3 is 2.35 bits per heavy atom. The van der Waals surface area contributed by atoms with Crippen LogP contribution in [0, 0.1) is 0 Å². The average Bonchev–Trinajstić information content (AvgIpc) is 2.97. The number of carbonyl (C=O) groups is 2. The number of likely N-dealkylation sites (tertiary alicyclic amines) is 2. The summed E-state index contributed by atoms with van der Waals surface area (Å²) in [6.45, 7) is -0.206. The van der Waals surface area contributed by atoms with Gasteiger partial charge in [-0.3, -0.25) is 9.59 Å². The van der Waals surface area contributed by atoms with Gasteiger partial charge in [-0.2, -0.15) is 8.78 Å². The standard InChI is InChI=1S/C30H34Cl4F2N4O3/c1-38(29(42)20-14-21(31)17-22(32)15-20)18-27(37-43-30(35)36)24(19-5-6-25(33)26(34)16-19)9-13-39-11-7-23(8-12-39)40-10-3-2-4-28(40)41/h5-6,14-17,23-24,30H,2-4,7-13,18H2,1H3/b37-27-. The second kappa shape index (κ2) is 15.7. The van der Waals surface area contributed by atoms with Crippen molar-refractivity contribution in [3.05, 3.63) is 67.6 Å². The van der Waals surface area contributed by atoms with Crippen molar-refractivity contribution in [1.29, 1.82) is 0 Å². The maximum Gasteiger partial charge on any atom is 0.407 e. The maximum absolute atomic E-state index is 13.3. The highest BCUT2D eigenvalue weighted by molar-refractivity contribution is 6.42. The molecule has 2 aromatic carbocycles. The number of amides is 2. The molecule has 43 heavy (non-hydrogen) atoms. The first kappa shape index (κ1) is 33.7. The predicted octanol–water partition coefficient (Wildman–Crippen LogP) is 7.62. The lowest BCUT2D eigenvalue weighted by molar-refractivity contribution is -0.136. The number of rotatable bonds is 11. The molecule has 0 N–H and O–H groups in total. The Labute approximate surface area is 270 Å². The van der Waals surface area contributed by atoms with E-state index in [-0.39, 0.29) is 29.8 Å². The monoisotopic (exact) mass is 676 g/mol. The van der Waals surface area contributed by atoms with Crippen molar-refractivity contribution in [1.82, 2.24) is 14.7 Å². The van der Waals surface area contributed by atoms with E-state index in [0.717, 1.165) is 45.3 Å². The van der Waals surface area contributed by atoms with Crippen LogP contribution in [0.3, 0.4) is 0 Å². The minimum Gasteiger partial charge on any atom is -0.340 e. The summed E-state index contributed by atoms with van der Waals surface area (Å²) in [5.74, 6) is -0.701. The number of halogens is 6. The number of alkyl halides is 2. The fourth-order valence-electron chi connectivity index (χ4n) is 5.76. The zero-order chi connectivity index (χ0) is 31.1. The zero-order valence-electron chi connectivity index (χ0n) is 23.8. The Hall–Kier alpha value is -2.17. The van der Waals surface area contributed by atoms with E-state index < -0.39 is 18.4 Å². The van der Waals surface area contributed by atoms with Gasteiger partial charge in [0.05, 0.1) is 22.3 Å². The van der Waals surface area contributed by atoms with Crippen LogP contribution in [0.5, 0.6) is 0 Å². The summed E-state index contributed by atoms with van der Waals surface area (Å²) in [6.07, 6.45) is 4.85. The van der Waals surface area contributed by atoms with Gasteiger partial charge in [0, 0.05) is 60.7 Å². The highest BCUT2D eigenvalue weighted by atomic mass is 35.5. The van der Waals surface area contributed by atoms with Crippen molar-refractivity contribution in [2.45, 2.75) is 57.1 Å². The van der Waals surface area contributed by atoms with Crippen molar-refractivity contribution in [2.75, 3.05) is 39.8 Å². The summed E-state index contributed by atoms with van der Waals surface area (Å²) in [4.78, 5) is 35.8. The fourth-order valence-corrected chi connectivity index (χ4v) is 6.59. The Bertz CT molecular complexity index is 1300. The molecule has 7 nitrogen and oxygen atoms in total. The van der Waals surface area contributed by atoms with E-state index in [4.69, 9.17) is 46.4 Å². The molecule has 2 saturated heterocycles. The van der Waals surface area contributed by atoms with Gasteiger partial charge in [0.15, 0.2) is 0 Å². The Balaban J connectivity index is 1.53. The van der Waals surface area contributed by atoms with Crippen molar-refractivity contribution >= 4 is 63.9 Å². The summed E-state index contributed by atoms with van der Waals surface area (Å²) >= 11 is 24.7. The first-order valence-electron chi connectivity index (χ1n) is 14.2. The van der Waals surface area contributed by atoms with Gasteiger partial charge in [0.2, 0.25) is 5.91 Å². The van der Waals surface area contributed by atoms with Crippen LogP contribution in [0.15, 0.2) is 41.6 Å². The number of hydrogen-bond donors (Lipinski definition) is 0. The number of hydrogen-bond acceptors (Lipinski definition) is 5. The minimum atomic E-state index is -3.14. The Kier molecular flexibility index (Phi) is 12.3. The van der Waals surface area contributed by atoms with Crippen molar-refractivity contribution in [2.24, 2.45) is 5.16 Å². The Morgan fingerprint density at radius 2 is 1.72 bits per heavy atom. The summed E-state index contributed by atoms with van der Waals surface area (Å²) in [6, 6.07) is 9.81. The van der Waals surface area contributed by atoms with Crippen LogP contribution in [-0.2, 0) is 9.63 Å². The number of carbonyl (C=O) groups excluding carboxylic acids is 2. The first-order valence-corrected chi connectivity index (χ1v) is 15.7. The maximum atomic E-state index is 13.3. The van der Waals surface area contributed by atoms with Gasteiger partial charge < -0.3 is 19.5 Å². The normalized spacial score (nSPS) is 17.8. The van der Waals surface area contributed by atoms with Crippen molar-refractivity contribution in [3.8, 4) is 0 Å². The largest absolute Gasteiger partial charge is 0.407 e. The van der Waals surface area contributed by atoms with Gasteiger partial charge in [-0.05, 0) is 74.5 Å². The minimum absolute atomic E-state index is 0.111. The Morgan fingerprint density at radius 1 is 1.02 bits per heavy atom. The summed E-state index contributed by atoms with van der Waals surface area (Å²) in [7, 11) is 1.54. The predicted molar refractivity (Wildman–Crippen MR) is 167 cm³/mol. The molecule has 0 spiro atoms. The zero-order valence-corrected chi connectivity index (χ0v) is 26.8. The smallest absolute Gasteiger partial charge is 0.340 e. The van der Waals surface area contributed by atoms with E-state index in [9.17, 15) is 18.4 Å². The number of benzene rings is 2. The molecular formula is C30H34Cl4F2N4O3. The number of oxime groups is 1. The topological polar surface area (TPSA) is 65.5 Å². The average molecular weight is 678 g/mol. The lowest BCUT2D eigenvalue weighted by atomic mass is 9.89. The highest BCUT2D eigenvalue weighted by Crippen LogP contribution is 2.31. The highest BCUT2D eigenvalue weighted by Gasteiger charge is 2.31. The summed E-state index contributed by atoms with van der Waals surface area (Å²) in [5.41, 5.74) is 1.17. The van der Waals surface area contributed by atoms with Crippen LogP contribution in [0.25, 0.3) is 0 Å². The molecule has 2 heterocycles. The molecular weight excluding hydrogens is 644 g/mol. The van der Waals surface area contributed by atoms with Gasteiger partial charge in [-0.1, -0.05) is 57.6 Å². The first-order chi connectivity index (χ1) is 20.5. The molecule has 2 amide bonds. The second-order valence-electron chi connectivity index (χ2n) is 10.9. The SMILES string of the molecule is CN(C/C(=N/OC(F)F)C(CCN1CCC(N2CCCCC2=O)CC1)c1ccc(Cl)c(Cl)c1)C(=O)c1cc(Cl)cc(Cl)c1. The van der Waals surface area contributed by atoms with E-state index in [1.807, 2.05) is 4.90 Å². The van der Waals surface area contributed by atoms with Crippen LogP contribution >= 0.6 is 46.4 Å². The molecule has 2 aliphatic rings. The third kappa shape index (κ3) is 9.41. The molecule has 13 heteroatoms. The lowest BCUT2D eigenvalue weighted by Crippen LogP contribution is -2.49. The van der Waals surface area contributed by atoms with Crippen LogP contribution in [0.2, 0.25) is 20.1 Å². The van der Waals surface area contributed by atoms with Crippen molar-refractivity contribution < 1.29 is 23.2 Å². The van der Waals surface area contributed by atoms with Crippen LogP contribution in [-0.4, -0.2) is 84.7 Å². The number of piperidine rings is 2. The molecule has 2 aliphatic heterocycles. The molecule has 1 unspecified atom stereocenters. The quantitative estimate of drug-likeness (QED) is 0.181. The molecule has 4 rings (SSSR count). The van der Waals surface area contributed by atoms with Gasteiger partial charge in [-0.25, -0.2) is 0 Å². The molecule has 0 bridgehead atoms. The van der Waals surface area contributed by atoms with Crippen LogP contribution < -0.4 is 0 Å². The molecule has 1 atom stereocenters. The molecule has 0 saturated carbocycles. The number of nitrogens with zero attached hydrogens (tertiary/aromatic N) is 4. The third-order valence-electron chi connectivity index (χ3n) is 7.95. The van der Waals surface area contributed by atoms with Crippen LogP contribution in [0.4, 0.5) is 8.78 Å². The molecule has 0 radical (unpaired) electrons. The van der Waals surface area contributed by atoms with Gasteiger partial charge in [0.1, 0.15) is 0 Å². The van der Waals surface area contributed by atoms with Crippen molar-refractivity contribution in [3.63, 3.8) is 0 Å². The summed E-state index contributed by atoms with van der Waals surface area (Å²) < 4.78 is 26.4. The molecule has 2 aromatic rings. The second-order valence-corrected chi connectivity index (χ2v) is 12.6. The summed E-state index contributed by atoms with van der Waals surface area (Å²) in [5, 5.41) is 5.08. The molecule has 2 fully saturated rings. The fraction of sp³-hybridized carbons (Fsp3) is 0.500. The van der Waals surface area contributed by atoms with E-state index in [1.165, 1.54) is 30.1 Å². The van der Waals surface area contributed by atoms with E-state index in [2.05, 4.69) is 14.9 Å². The van der Waals surface area contributed by atoms with Gasteiger partial charge >= 0.3 is 6.61 Å². The molecule has 0 aromatic heterocycles. The lowest BCUT2D eigenvalue weighted by Gasteiger charge is -2.40. The van der Waals surface area contributed by atoms with E-state index in [1.54, 1.807) is 18.2 Å². The van der Waals surface area contributed by atoms with Gasteiger partial charge in [0.25, 0.3) is 5.91 Å². The van der Waals surface area contributed by atoms with E-state index in [0.29, 0.717) is 45.0 Å². The molecule has 0 aliphatic carbocycles. The van der Waals surface area contributed by atoms with E-state index >= 15 is 0 Å². The third-order valence-corrected chi connectivity index (χ3v) is 9.12. The van der Waals surface area contributed by atoms with Crippen LogP contribution in [0.1, 0.15) is 60.4 Å².